The molecule has 0 saturated heterocycles. The van der Waals surface area contributed by atoms with Crippen molar-refractivity contribution in [1.29, 1.82) is 0 Å². The van der Waals surface area contributed by atoms with Crippen LogP contribution in [0.2, 0.25) is 0 Å². The van der Waals surface area contributed by atoms with Crippen LogP contribution in [0.15, 0.2) is 59.4 Å². The van der Waals surface area contributed by atoms with E-state index in [0.29, 0.717) is 19.7 Å². The highest BCUT2D eigenvalue weighted by atomic mass is 16.5. The molecule has 4 aromatic rings. The van der Waals surface area contributed by atoms with Gasteiger partial charge in [0.2, 0.25) is 0 Å². The minimum atomic E-state index is -0.0587. The van der Waals surface area contributed by atoms with Crippen molar-refractivity contribution in [2.45, 2.75) is 45.8 Å². The molecular formula is C26H32N6O2. The summed E-state index contributed by atoms with van der Waals surface area (Å²) in [5.41, 5.74) is 3.91. The Morgan fingerprint density at radius 1 is 1.15 bits per heavy atom. The molecule has 4 rings (SSSR count). The van der Waals surface area contributed by atoms with Gasteiger partial charge in [0.25, 0.3) is 5.56 Å². The SMILES string of the molecule is CC[C@@H](c1nnnn1CCOC)N(CCc1ccccc1)Cc1cc2ccc(C)cc2[nH]c1=O. The van der Waals surface area contributed by atoms with Gasteiger partial charge in [0.05, 0.1) is 19.2 Å². The number of aryl methyl sites for hydroxylation is 1. The monoisotopic (exact) mass is 460 g/mol. The summed E-state index contributed by atoms with van der Waals surface area (Å²) >= 11 is 0. The average Bonchev–Trinajstić information content (AvgIpc) is 3.30. The molecule has 2 heterocycles. The number of benzene rings is 2. The summed E-state index contributed by atoms with van der Waals surface area (Å²) in [4.78, 5) is 18.4. The zero-order valence-corrected chi connectivity index (χ0v) is 20.1. The Balaban J connectivity index is 1.67. The van der Waals surface area contributed by atoms with E-state index in [2.05, 4.69) is 68.7 Å². The van der Waals surface area contributed by atoms with Gasteiger partial charge < -0.3 is 9.72 Å². The van der Waals surface area contributed by atoms with E-state index in [4.69, 9.17) is 4.74 Å². The Morgan fingerprint density at radius 2 is 1.97 bits per heavy atom. The van der Waals surface area contributed by atoms with Crippen molar-refractivity contribution in [3.05, 3.63) is 87.5 Å². The van der Waals surface area contributed by atoms with E-state index in [1.165, 1.54) is 5.56 Å². The zero-order valence-electron chi connectivity index (χ0n) is 20.1. The summed E-state index contributed by atoms with van der Waals surface area (Å²) in [5, 5.41) is 13.5. The van der Waals surface area contributed by atoms with Crippen LogP contribution in [-0.2, 0) is 24.2 Å². The molecular weight excluding hydrogens is 428 g/mol. The summed E-state index contributed by atoms with van der Waals surface area (Å²) < 4.78 is 7.04. The van der Waals surface area contributed by atoms with Gasteiger partial charge in [0, 0.05) is 31.3 Å². The summed E-state index contributed by atoms with van der Waals surface area (Å²) in [7, 11) is 1.67. The van der Waals surface area contributed by atoms with Gasteiger partial charge in [0.1, 0.15) is 0 Å². The van der Waals surface area contributed by atoms with E-state index < -0.39 is 0 Å². The third-order valence-electron chi connectivity index (χ3n) is 6.17. The molecule has 0 aliphatic carbocycles. The Bertz CT molecular complexity index is 1270. The molecule has 0 fully saturated rings. The van der Waals surface area contributed by atoms with E-state index in [9.17, 15) is 4.79 Å². The largest absolute Gasteiger partial charge is 0.383 e. The number of pyridine rings is 1. The molecule has 0 bridgehead atoms. The van der Waals surface area contributed by atoms with Crippen molar-refractivity contribution in [2.75, 3.05) is 20.3 Å². The second kappa shape index (κ2) is 11.2. The number of methoxy groups -OCH3 is 1. The predicted octanol–water partition coefficient (Wildman–Crippen LogP) is 3.67. The fourth-order valence-corrected chi connectivity index (χ4v) is 4.35. The molecule has 1 atom stereocenters. The smallest absolute Gasteiger partial charge is 0.252 e. The molecule has 0 aliphatic rings. The Morgan fingerprint density at radius 3 is 2.74 bits per heavy atom. The van der Waals surface area contributed by atoms with Crippen molar-refractivity contribution in [3.63, 3.8) is 0 Å². The fraction of sp³-hybridized carbons (Fsp3) is 0.385. The normalized spacial score (nSPS) is 12.5. The predicted molar refractivity (Wildman–Crippen MR) is 133 cm³/mol. The number of rotatable bonds is 11. The van der Waals surface area contributed by atoms with Crippen LogP contribution in [-0.4, -0.2) is 50.4 Å². The number of ether oxygens (including phenoxy) is 1. The molecule has 34 heavy (non-hydrogen) atoms. The summed E-state index contributed by atoms with van der Waals surface area (Å²) in [6.45, 7) is 6.53. The van der Waals surface area contributed by atoms with Crippen LogP contribution in [0.3, 0.4) is 0 Å². The van der Waals surface area contributed by atoms with Crippen molar-refractivity contribution in [1.82, 2.24) is 30.1 Å². The van der Waals surface area contributed by atoms with Gasteiger partial charge in [0.15, 0.2) is 5.82 Å². The van der Waals surface area contributed by atoms with Crippen molar-refractivity contribution in [2.24, 2.45) is 0 Å². The van der Waals surface area contributed by atoms with E-state index in [0.717, 1.165) is 47.2 Å². The summed E-state index contributed by atoms with van der Waals surface area (Å²) in [6.07, 6.45) is 1.68. The lowest BCUT2D eigenvalue weighted by Crippen LogP contribution is -2.34. The van der Waals surface area contributed by atoms with Crippen LogP contribution < -0.4 is 5.56 Å². The minimum absolute atomic E-state index is 0.0383. The van der Waals surface area contributed by atoms with E-state index in [1.807, 2.05) is 25.1 Å². The lowest BCUT2D eigenvalue weighted by molar-refractivity contribution is 0.158. The number of fused-ring (bicyclic) bond motifs is 1. The third-order valence-corrected chi connectivity index (χ3v) is 6.17. The van der Waals surface area contributed by atoms with Gasteiger partial charge in [-0.2, -0.15) is 0 Å². The van der Waals surface area contributed by atoms with Gasteiger partial charge in [-0.3, -0.25) is 9.69 Å². The first-order valence-corrected chi connectivity index (χ1v) is 11.7. The molecule has 2 aromatic carbocycles. The minimum Gasteiger partial charge on any atom is -0.383 e. The number of tetrazole rings is 1. The Kier molecular flexibility index (Phi) is 7.82. The van der Waals surface area contributed by atoms with Crippen LogP contribution in [0.1, 0.15) is 41.9 Å². The van der Waals surface area contributed by atoms with Crippen molar-refractivity contribution >= 4 is 10.9 Å². The molecule has 2 aromatic heterocycles. The standard InChI is InChI=1S/C26H32N6O2/c1-4-24(25-28-29-30-32(25)14-15-34-3)31(13-12-20-8-6-5-7-9-20)18-22-17-21-11-10-19(2)16-23(21)27-26(22)33/h5-11,16-17,24H,4,12-15,18H2,1-3H3,(H,27,33)/t24-/m0/s1. The first kappa shape index (κ1) is 23.8. The number of nitrogens with one attached hydrogen (secondary N) is 1. The van der Waals surface area contributed by atoms with Gasteiger partial charge in [-0.1, -0.05) is 49.4 Å². The second-order valence-corrected chi connectivity index (χ2v) is 8.60. The van der Waals surface area contributed by atoms with Gasteiger partial charge in [-0.05, 0) is 58.8 Å². The number of hydrogen-bond acceptors (Lipinski definition) is 6. The molecule has 0 radical (unpaired) electrons. The number of hydrogen-bond donors (Lipinski definition) is 1. The summed E-state index contributed by atoms with van der Waals surface area (Å²) in [6, 6.07) is 18.5. The molecule has 8 heteroatoms. The van der Waals surface area contributed by atoms with Crippen LogP contribution in [0, 0.1) is 6.92 Å². The lowest BCUT2D eigenvalue weighted by atomic mass is 10.1. The lowest BCUT2D eigenvalue weighted by Gasteiger charge is -2.30. The molecule has 0 amide bonds. The highest BCUT2D eigenvalue weighted by Gasteiger charge is 2.25. The molecule has 0 spiro atoms. The van der Waals surface area contributed by atoms with Gasteiger partial charge in [-0.25, -0.2) is 4.68 Å². The highest BCUT2D eigenvalue weighted by molar-refractivity contribution is 5.79. The molecule has 8 nitrogen and oxygen atoms in total. The Labute approximate surface area is 199 Å². The molecule has 0 unspecified atom stereocenters. The molecule has 0 saturated carbocycles. The zero-order chi connectivity index (χ0) is 23.9. The topological polar surface area (TPSA) is 88.9 Å². The van der Waals surface area contributed by atoms with Crippen LogP contribution in [0.25, 0.3) is 10.9 Å². The quantitative estimate of drug-likeness (QED) is 0.367. The van der Waals surface area contributed by atoms with E-state index in [1.54, 1.807) is 11.8 Å². The first-order chi connectivity index (χ1) is 16.6. The molecule has 178 valence electrons. The maximum absolute atomic E-state index is 13.0. The number of aromatic nitrogens is 5. The number of nitrogens with zero attached hydrogens (tertiary/aromatic N) is 5. The number of aromatic amines is 1. The third kappa shape index (κ3) is 5.58. The van der Waals surface area contributed by atoms with Crippen LogP contribution in [0.4, 0.5) is 0 Å². The maximum Gasteiger partial charge on any atom is 0.252 e. The first-order valence-electron chi connectivity index (χ1n) is 11.7. The van der Waals surface area contributed by atoms with Gasteiger partial charge >= 0.3 is 0 Å². The highest BCUT2D eigenvalue weighted by Crippen LogP contribution is 2.25. The maximum atomic E-state index is 13.0. The number of H-pyrrole nitrogens is 1. The van der Waals surface area contributed by atoms with Crippen LogP contribution in [0.5, 0.6) is 0 Å². The molecule has 0 aliphatic heterocycles. The van der Waals surface area contributed by atoms with Crippen molar-refractivity contribution < 1.29 is 4.74 Å². The fourth-order valence-electron chi connectivity index (χ4n) is 4.35. The average molecular weight is 461 g/mol. The van der Waals surface area contributed by atoms with E-state index in [-0.39, 0.29) is 11.6 Å². The van der Waals surface area contributed by atoms with Crippen LogP contribution >= 0.6 is 0 Å². The summed E-state index contributed by atoms with van der Waals surface area (Å²) in [5.74, 6) is 0.792. The Hall–Kier alpha value is -3.36. The molecule has 1 N–H and O–H groups in total. The van der Waals surface area contributed by atoms with E-state index >= 15 is 0 Å². The second-order valence-electron chi connectivity index (χ2n) is 8.60. The van der Waals surface area contributed by atoms with Gasteiger partial charge in [-0.15, -0.1) is 5.10 Å². The van der Waals surface area contributed by atoms with Crippen molar-refractivity contribution in [3.8, 4) is 0 Å².